The number of hydrogen-bond donors (Lipinski definition) is 0. The molecule has 12 aromatic rings. The van der Waals surface area contributed by atoms with Crippen LogP contribution in [0.4, 0.5) is 17.1 Å². The first-order chi connectivity index (χ1) is 30.2. The van der Waals surface area contributed by atoms with Crippen LogP contribution in [0.1, 0.15) is 0 Å². The van der Waals surface area contributed by atoms with Gasteiger partial charge in [-0.25, -0.2) is 0 Å². The van der Waals surface area contributed by atoms with Crippen LogP contribution in [0.15, 0.2) is 229 Å². The molecule has 0 aliphatic carbocycles. The molecule has 2 aromatic heterocycles. The zero-order valence-corrected chi connectivity index (χ0v) is 33.9. The molecule has 61 heavy (non-hydrogen) atoms. The number of benzene rings is 10. The molecule has 0 radical (unpaired) electrons. The quantitative estimate of drug-likeness (QED) is 0.160. The molecular formula is C58H37NOS. The van der Waals surface area contributed by atoms with Gasteiger partial charge < -0.3 is 9.32 Å². The summed E-state index contributed by atoms with van der Waals surface area (Å²) in [7, 11) is 0. The maximum atomic E-state index is 6.24. The summed E-state index contributed by atoms with van der Waals surface area (Å²) in [5.41, 5.74) is 14.6. The zero-order valence-electron chi connectivity index (χ0n) is 33.1. The smallest absolute Gasteiger partial charge is 0.135 e. The summed E-state index contributed by atoms with van der Waals surface area (Å²) >= 11 is 1.86. The van der Waals surface area contributed by atoms with Crippen molar-refractivity contribution >= 4 is 81.3 Å². The second kappa shape index (κ2) is 14.5. The minimum absolute atomic E-state index is 0.900. The molecule has 3 heteroatoms. The van der Waals surface area contributed by atoms with Crippen LogP contribution in [0.3, 0.4) is 0 Å². The second-order valence-corrected chi connectivity index (χ2v) is 16.8. The van der Waals surface area contributed by atoms with Gasteiger partial charge in [-0.15, -0.1) is 11.3 Å². The van der Waals surface area contributed by atoms with Gasteiger partial charge in [0.05, 0.1) is 5.69 Å². The lowest BCUT2D eigenvalue weighted by Gasteiger charge is -2.27. The van der Waals surface area contributed by atoms with Gasteiger partial charge in [0.15, 0.2) is 0 Å². The van der Waals surface area contributed by atoms with Crippen molar-refractivity contribution in [3.05, 3.63) is 224 Å². The van der Waals surface area contributed by atoms with Crippen LogP contribution in [0.25, 0.3) is 97.4 Å². The van der Waals surface area contributed by atoms with Gasteiger partial charge in [-0.1, -0.05) is 140 Å². The fourth-order valence-corrected chi connectivity index (χ4v) is 10.1. The highest BCUT2D eigenvalue weighted by Gasteiger charge is 2.17. The molecule has 0 saturated carbocycles. The summed E-state index contributed by atoms with van der Waals surface area (Å²) in [4.78, 5) is 2.38. The van der Waals surface area contributed by atoms with Crippen LogP contribution in [0.2, 0.25) is 0 Å². The maximum absolute atomic E-state index is 6.24. The Morgan fingerprint density at radius 3 is 1.56 bits per heavy atom. The van der Waals surface area contributed by atoms with E-state index in [1.807, 2.05) is 23.5 Å². The Kier molecular flexibility index (Phi) is 8.39. The zero-order chi connectivity index (χ0) is 40.3. The molecule has 0 fully saturated rings. The minimum atomic E-state index is 0.900. The molecule has 286 valence electrons. The van der Waals surface area contributed by atoms with E-state index in [0.717, 1.165) is 61.3 Å². The Labute approximate surface area is 357 Å². The summed E-state index contributed by atoms with van der Waals surface area (Å²) in [6.45, 7) is 0. The van der Waals surface area contributed by atoms with Crippen molar-refractivity contribution in [3.8, 4) is 44.5 Å². The monoisotopic (exact) mass is 795 g/mol. The molecular weight excluding hydrogens is 759 g/mol. The van der Waals surface area contributed by atoms with Crippen molar-refractivity contribution in [2.24, 2.45) is 0 Å². The predicted molar refractivity (Wildman–Crippen MR) is 261 cm³/mol. The lowest BCUT2D eigenvalue weighted by Crippen LogP contribution is -2.10. The van der Waals surface area contributed by atoms with Gasteiger partial charge >= 0.3 is 0 Å². The van der Waals surface area contributed by atoms with Gasteiger partial charge in [-0.05, 0) is 135 Å². The third kappa shape index (κ3) is 6.26. The first-order valence-electron chi connectivity index (χ1n) is 20.7. The van der Waals surface area contributed by atoms with E-state index < -0.39 is 0 Å². The summed E-state index contributed by atoms with van der Waals surface area (Å²) in [5.74, 6) is 0. The molecule has 0 bridgehead atoms. The molecule has 0 unspecified atom stereocenters. The largest absolute Gasteiger partial charge is 0.456 e. The fourth-order valence-electron chi connectivity index (χ4n) is 9.01. The number of hydrogen-bond acceptors (Lipinski definition) is 3. The fraction of sp³-hybridized carbons (Fsp3) is 0. The molecule has 2 nitrogen and oxygen atoms in total. The number of fused-ring (bicyclic) bond motifs is 7. The lowest BCUT2D eigenvalue weighted by atomic mass is 9.92. The van der Waals surface area contributed by atoms with Crippen molar-refractivity contribution in [2.75, 3.05) is 4.90 Å². The van der Waals surface area contributed by atoms with Gasteiger partial charge in [0.2, 0.25) is 0 Å². The highest BCUT2D eigenvalue weighted by Crippen LogP contribution is 2.43. The third-order valence-electron chi connectivity index (χ3n) is 12.1. The summed E-state index contributed by atoms with van der Waals surface area (Å²) in [6, 6.07) is 81.4. The van der Waals surface area contributed by atoms with E-state index in [2.05, 4.69) is 217 Å². The average Bonchev–Trinajstić information content (AvgIpc) is 3.90. The number of anilines is 3. The van der Waals surface area contributed by atoms with E-state index in [-0.39, 0.29) is 0 Å². The highest BCUT2D eigenvalue weighted by molar-refractivity contribution is 7.25. The second-order valence-electron chi connectivity index (χ2n) is 15.7. The van der Waals surface area contributed by atoms with Crippen molar-refractivity contribution in [2.45, 2.75) is 0 Å². The van der Waals surface area contributed by atoms with Crippen molar-refractivity contribution in [1.82, 2.24) is 0 Å². The number of para-hydroxylation sites is 1. The Bertz CT molecular complexity index is 3440. The molecule has 12 rings (SSSR count). The third-order valence-corrected chi connectivity index (χ3v) is 13.2. The predicted octanol–water partition coefficient (Wildman–Crippen LogP) is 17.2. The minimum Gasteiger partial charge on any atom is -0.456 e. The number of nitrogens with zero attached hydrogens (tertiary/aromatic N) is 1. The standard InChI is InChI=1S/C58H37NOS/c1-2-11-38(12-3-1)39-21-27-47(28-22-39)59(54-18-10-14-41-13-4-5-15-49(41)54)48-29-23-40(24-30-48)44-33-45(42-25-31-56-52(36-42)50-16-6-8-19-55(50)60-56)35-46(34-44)43-26-32-58-53(37-43)51-17-7-9-20-57(51)61-58/h1-37H. The molecule has 0 aliphatic rings. The van der Waals surface area contributed by atoms with E-state index >= 15 is 0 Å². The van der Waals surface area contributed by atoms with E-state index in [1.165, 1.54) is 53.2 Å². The topological polar surface area (TPSA) is 16.4 Å². The van der Waals surface area contributed by atoms with Gasteiger partial charge in [-0.3, -0.25) is 0 Å². The van der Waals surface area contributed by atoms with Crippen LogP contribution in [-0.4, -0.2) is 0 Å². The first-order valence-corrected chi connectivity index (χ1v) is 21.5. The van der Waals surface area contributed by atoms with Crippen LogP contribution in [-0.2, 0) is 0 Å². The first kappa shape index (κ1) is 35.2. The normalized spacial score (nSPS) is 11.6. The van der Waals surface area contributed by atoms with Crippen LogP contribution in [0.5, 0.6) is 0 Å². The van der Waals surface area contributed by atoms with Crippen molar-refractivity contribution in [3.63, 3.8) is 0 Å². The van der Waals surface area contributed by atoms with Crippen molar-refractivity contribution < 1.29 is 4.42 Å². The highest BCUT2D eigenvalue weighted by atomic mass is 32.1. The van der Waals surface area contributed by atoms with E-state index in [4.69, 9.17) is 4.42 Å². The summed E-state index contributed by atoms with van der Waals surface area (Å²) in [5, 5.41) is 7.27. The Morgan fingerprint density at radius 1 is 0.295 bits per heavy atom. The molecule has 0 N–H and O–H groups in total. The Morgan fingerprint density at radius 2 is 0.803 bits per heavy atom. The Hall–Kier alpha value is -7.72. The number of thiophene rings is 1. The summed E-state index contributed by atoms with van der Waals surface area (Å²) in [6.07, 6.45) is 0. The van der Waals surface area contributed by atoms with Gasteiger partial charge in [0.1, 0.15) is 11.2 Å². The van der Waals surface area contributed by atoms with Gasteiger partial charge in [0.25, 0.3) is 0 Å². The van der Waals surface area contributed by atoms with E-state index in [1.54, 1.807) is 0 Å². The Balaban J connectivity index is 0.997. The van der Waals surface area contributed by atoms with Gasteiger partial charge in [0, 0.05) is 47.7 Å². The molecule has 0 amide bonds. The van der Waals surface area contributed by atoms with Crippen LogP contribution >= 0.6 is 11.3 Å². The molecule has 0 aliphatic heterocycles. The number of furan rings is 1. The number of rotatable bonds is 7. The molecule has 2 heterocycles. The SMILES string of the molecule is c1ccc(-c2ccc(N(c3ccc(-c4cc(-c5ccc6oc7ccccc7c6c5)cc(-c5ccc6sc7ccccc7c6c5)c4)cc3)c3cccc4ccccc34)cc2)cc1. The van der Waals surface area contributed by atoms with Crippen LogP contribution in [0, 0.1) is 0 Å². The average molecular weight is 796 g/mol. The summed E-state index contributed by atoms with van der Waals surface area (Å²) < 4.78 is 8.86. The van der Waals surface area contributed by atoms with E-state index in [0.29, 0.717) is 0 Å². The van der Waals surface area contributed by atoms with Crippen molar-refractivity contribution in [1.29, 1.82) is 0 Å². The molecule has 0 spiro atoms. The molecule has 0 atom stereocenters. The van der Waals surface area contributed by atoms with Gasteiger partial charge in [-0.2, -0.15) is 0 Å². The van der Waals surface area contributed by atoms with E-state index in [9.17, 15) is 0 Å². The van der Waals surface area contributed by atoms with Crippen LogP contribution < -0.4 is 4.90 Å². The molecule has 0 saturated heterocycles. The maximum Gasteiger partial charge on any atom is 0.135 e. The lowest BCUT2D eigenvalue weighted by molar-refractivity contribution is 0.669. The molecule has 10 aromatic carbocycles.